The molecule has 0 unspecified atom stereocenters. The fourth-order valence-electron chi connectivity index (χ4n) is 2.18. The predicted molar refractivity (Wildman–Crippen MR) is 55.9 cm³/mol. The Bertz CT molecular complexity index is 278. The standard InChI is InChI=1S/C11H20N2O3/c1-7(2)6-8(12)10(14)13-5-3-4-9(13)11(15)16/h7-9H,3-6,12H2,1-2H3,(H,15,16)/t8-,9-/m0/s1. The van der Waals surface area contributed by atoms with Gasteiger partial charge in [0.1, 0.15) is 0 Å². The fraction of sp³-hybridized carbons (Fsp3) is 0.818. The van der Waals surface area contributed by atoms with E-state index in [0.717, 1.165) is 6.42 Å². The number of quaternary nitrogens is 1. The van der Waals surface area contributed by atoms with Crippen molar-refractivity contribution in [1.82, 2.24) is 4.90 Å². The lowest BCUT2D eigenvalue weighted by molar-refractivity contribution is -0.408. The largest absolute Gasteiger partial charge is 0.548 e. The van der Waals surface area contributed by atoms with Crippen molar-refractivity contribution >= 4 is 11.9 Å². The van der Waals surface area contributed by atoms with E-state index >= 15 is 0 Å². The normalized spacial score (nSPS) is 22.5. The minimum atomic E-state index is -1.15. The zero-order valence-corrected chi connectivity index (χ0v) is 9.94. The quantitative estimate of drug-likeness (QED) is 0.627. The number of carboxylic acid groups (broad SMARTS) is 1. The number of hydrogen-bond acceptors (Lipinski definition) is 3. The van der Waals surface area contributed by atoms with Crippen LogP contribution in [-0.2, 0) is 9.59 Å². The number of carbonyl (C=O) groups excluding carboxylic acids is 2. The van der Waals surface area contributed by atoms with E-state index in [0.29, 0.717) is 25.3 Å². The Morgan fingerprint density at radius 3 is 2.62 bits per heavy atom. The van der Waals surface area contributed by atoms with Gasteiger partial charge >= 0.3 is 0 Å². The Hall–Kier alpha value is -1.10. The lowest BCUT2D eigenvalue weighted by Gasteiger charge is -2.27. The molecule has 1 aliphatic heterocycles. The van der Waals surface area contributed by atoms with Crippen molar-refractivity contribution in [1.29, 1.82) is 0 Å². The second-order valence-corrected chi connectivity index (χ2v) is 4.84. The summed E-state index contributed by atoms with van der Waals surface area (Å²) in [5.74, 6) is -0.918. The first-order valence-electron chi connectivity index (χ1n) is 5.78. The molecule has 0 saturated carbocycles. The van der Waals surface area contributed by atoms with Gasteiger partial charge in [-0.1, -0.05) is 13.8 Å². The van der Waals surface area contributed by atoms with E-state index in [2.05, 4.69) is 5.73 Å². The second-order valence-electron chi connectivity index (χ2n) is 4.84. The summed E-state index contributed by atoms with van der Waals surface area (Å²) in [5.41, 5.74) is 3.81. The molecule has 5 nitrogen and oxygen atoms in total. The molecule has 1 rings (SSSR count). The zero-order chi connectivity index (χ0) is 12.3. The van der Waals surface area contributed by atoms with Crippen LogP contribution in [0.4, 0.5) is 0 Å². The van der Waals surface area contributed by atoms with Gasteiger partial charge in [0.25, 0.3) is 5.91 Å². The first-order chi connectivity index (χ1) is 7.43. The summed E-state index contributed by atoms with van der Waals surface area (Å²) in [6.07, 6.45) is 1.93. The van der Waals surface area contributed by atoms with Gasteiger partial charge in [0.2, 0.25) is 0 Å². The van der Waals surface area contributed by atoms with Gasteiger partial charge in [0.05, 0.1) is 12.0 Å². The van der Waals surface area contributed by atoms with Gasteiger partial charge in [-0.3, -0.25) is 4.79 Å². The van der Waals surface area contributed by atoms with Gasteiger partial charge < -0.3 is 20.5 Å². The summed E-state index contributed by atoms with van der Waals surface area (Å²) in [6, 6.07) is -1.09. The lowest BCUT2D eigenvalue weighted by Crippen LogP contribution is -2.69. The van der Waals surface area contributed by atoms with Gasteiger partial charge in [-0.05, 0) is 18.8 Å². The third-order valence-electron chi connectivity index (χ3n) is 2.91. The molecule has 0 aromatic carbocycles. The molecule has 1 amide bonds. The van der Waals surface area contributed by atoms with E-state index in [4.69, 9.17) is 0 Å². The highest BCUT2D eigenvalue weighted by Crippen LogP contribution is 2.18. The molecular weight excluding hydrogens is 208 g/mol. The Kier molecular flexibility index (Phi) is 4.29. The van der Waals surface area contributed by atoms with E-state index < -0.39 is 12.0 Å². The molecule has 5 heteroatoms. The summed E-state index contributed by atoms with van der Waals surface area (Å²) >= 11 is 0. The van der Waals surface area contributed by atoms with Crippen molar-refractivity contribution in [2.45, 2.75) is 45.2 Å². The van der Waals surface area contributed by atoms with Crippen LogP contribution in [0.1, 0.15) is 33.1 Å². The second kappa shape index (κ2) is 5.30. The number of carboxylic acids is 1. The number of amides is 1. The van der Waals surface area contributed by atoms with Gasteiger partial charge in [-0.15, -0.1) is 0 Å². The van der Waals surface area contributed by atoms with Crippen LogP contribution in [0.3, 0.4) is 0 Å². The molecule has 1 aliphatic rings. The molecule has 92 valence electrons. The van der Waals surface area contributed by atoms with Gasteiger partial charge in [0, 0.05) is 13.0 Å². The summed E-state index contributed by atoms with van der Waals surface area (Å²) in [5, 5.41) is 10.8. The molecule has 2 atom stereocenters. The number of hydrogen-bond donors (Lipinski definition) is 1. The minimum Gasteiger partial charge on any atom is -0.548 e. The van der Waals surface area contributed by atoms with Crippen molar-refractivity contribution < 1.29 is 20.4 Å². The average Bonchev–Trinajstić information content (AvgIpc) is 2.63. The summed E-state index contributed by atoms with van der Waals surface area (Å²) in [6.45, 7) is 4.55. The highest BCUT2D eigenvalue weighted by Gasteiger charge is 2.34. The topological polar surface area (TPSA) is 88.1 Å². The molecule has 0 spiro atoms. The fourth-order valence-corrected chi connectivity index (χ4v) is 2.18. The molecule has 0 bridgehead atoms. The maximum atomic E-state index is 12.0. The van der Waals surface area contributed by atoms with Crippen molar-refractivity contribution in [3.63, 3.8) is 0 Å². The Balaban J connectivity index is 2.62. The molecule has 1 saturated heterocycles. The van der Waals surface area contributed by atoms with Gasteiger partial charge in [-0.2, -0.15) is 0 Å². The molecular formula is C11H20N2O3. The van der Waals surface area contributed by atoms with Gasteiger partial charge in [-0.25, -0.2) is 0 Å². The minimum absolute atomic E-state index is 0.152. The number of carbonyl (C=O) groups is 2. The zero-order valence-electron chi connectivity index (χ0n) is 9.94. The summed E-state index contributed by atoms with van der Waals surface area (Å²) < 4.78 is 0. The van der Waals surface area contributed by atoms with Crippen LogP contribution in [0.2, 0.25) is 0 Å². The third kappa shape index (κ3) is 2.95. The molecule has 16 heavy (non-hydrogen) atoms. The average molecular weight is 228 g/mol. The lowest BCUT2D eigenvalue weighted by atomic mass is 10.0. The Labute approximate surface area is 95.6 Å². The van der Waals surface area contributed by atoms with Crippen molar-refractivity contribution in [3.05, 3.63) is 0 Å². The predicted octanol–water partition coefficient (Wildman–Crippen LogP) is -1.62. The van der Waals surface area contributed by atoms with Crippen LogP contribution in [0, 0.1) is 5.92 Å². The van der Waals surface area contributed by atoms with Crippen LogP contribution in [0.25, 0.3) is 0 Å². The van der Waals surface area contributed by atoms with Crippen molar-refractivity contribution in [2.24, 2.45) is 5.92 Å². The highest BCUT2D eigenvalue weighted by molar-refractivity contribution is 5.86. The maximum Gasteiger partial charge on any atom is 0.281 e. The van der Waals surface area contributed by atoms with Crippen LogP contribution in [0.5, 0.6) is 0 Å². The molecule has 0 aromatic heterocycles. The monoisotopic (exact) mass is 228 g/mol. The van der Waals surface area contributed by atoms with E-state index in [-0.39, 0.29) is 11.9 Å². The Morgan fingerprint density at radius 2 is 2.12 bits per heavy atom. The van der Waals surface area contributed by atoms with Crippen LogP contribution < -0.4 is 10.8 Å². The van der Waals surface area contributed by atoms with Crippen LogP contribution >= 0.6 is 0 Å². The maximum absolute atomic E-state index is 12.0. The van der Waals surface area contributed by atoms with Crippen LogP contribution in [0.15, 0.2) is 0 Å². The van der Waals surface area contributed by atoms with Gasteiger partial charge in [0.15, 0.2) is 6.04 Å². The molecule has 0 aromatic rings. The van der Waals surface area contributed by atoms with E-state index in [1.165, 1.54) is 4.90 Å². The number of aliphatic carboxylic acids is 1. The Morgan fingerprint density at radius 1 is 1.50 bits per heavy atom. The molecule has 1 heterocycles. The van der Waals surface area contributed by atoms with Crippen LogP contribution in [-0.4, -0.2) is 35.4 Å². The van der Waals surface area contributed by atoms with Crippen molar-refractivity contribution in [3.8, 4) is 0 Å². The molecule has 1 fully saturated rings. The first-order valence-corrected chi connectivity index (χ1v) is 5.78. The molecule has 3 N–H and O–H groups in total. The van der Waals surface area contributed by atoms with E-state index in [1.54, 1.807) is 0 Å². The molecule has 0 aliphatic carbocycles. The molecule has 0 radical (unpaired) electrons. The smallest absolute Gasteiger partial charge is 0.281 e. The third-order valence-corrected chi connectivity index (χ3v) is 2.91. The number of rotatable bonds is 4. The van der Waals surface area contributed by atoms with E-state index in [1.807, 2.05) is 13.8 Å². The number of nitrogens with zero attached hydrogens (tertiary/aromatic N) is 1. The highest BCUT2D eigenvalue weighted by atomic mass is 16.4. The van der Waals surface area contributed by atoms with Crippen molar-refractivity contribution in [2.75, 3.05) is 6.54 Å². The number of likely N-dealkylation sites (tertiary alicyclic amines) is 1. The SMILES string of the molecule is CC(C)C[C@H]([NH3+])C(=O)N1CCC[C@H]1C(=O)[O-]. The summed E-state index contributed by atoms with van der Waals surface area (Å²) in [4.78, 5) is 24.2. The first kappa shape index (κ1) is 13.0. The van der Waals surface area contributed by atoms with E-state index in [9.17, 15) is 14.7 Å². The summed E-state index contributed by atoms with van der Waals surface area (Å²) in [7, 11) is 0.